The van der Waals surface area contributed by atoms with Crippen LogP contribution in [0.5, 0.6) is 0 Å². The fraction of sp³-hybridized carbons (Fsp3) is 0.250. The van der Waals surface area contributed by atoms with E-state index in [1.807, 2.05) is 50.4 Å². The molecule has 0 aromatic carbocycles. The minimum Gasteiger partial charge on any atom is -0.303 e. The summed E-state index contributed by atoms with van der Waals surface area (Å²) in [7, 11) is 0. The fourth-order valence-corrected chi connectivity index (χ4v) is 3.68. The van der Waals surface area contributed by atoms with Gasteiger partial charge >= 0.3 is 0 Å². The van der Waals surface area contributed by atoms with Crippen molar-refractivity contribution in [2.75, 3.05) is 0 Å². The van der Waals surface area contributed by atoms with Crippen LogP contribution in [0.1, 0.15) is 47.5 Å². The van der Waals surface area contributed by atoms with Crippen molar-refractivity contribution >= 4 is 28.5 Å². The summed E-state index contributed by atoms with van der Waals surface area (Å²) in [5, 5.41) is 1.02. The first kappa shape index (κ1) is 19.9. The molecule has 0 saturated carbocycles. The molecule has 0 aliphatic carbocycles. The molecule has 4 rings (SSSR count). The number of rotatable bonds is 6. The molecule has 0 amide bonds. The average molecular weight is 401 g/mol. The predicted molar refractivity (Wildman–Crippen MR) is 119 cm³/mol. The standard InChI is InChI=1S/C24H24FN5/c1-5-6-8-18-16(3)27-22(29-23(18)15(2)25)11-10-20-17(4)30-14-12-21-19(24(30)28-20)9-7-13-26-21/h6-9,12-14H,2,5,10-11H2,1,3-4H3/b8-6-. The molecule has 30 heavy (non-hydrogen) atoms. The number of hydrogen-bond donors (Lipinski definition) is 0. The summed E-state index contributed by atoms with van der Waals surface area (Å²) in [6, 6.07) is 5.94. The molecule has 0 fully saturated rings. The Morgan fingerprint density at radius 2 is 2.00 bits per heavy atom. The molecule has 0 spiro atoms. The second kappa shape index (κ2) is 8.14. The van der Waals surface area contributed by atoms with Gasteiger partial charge in [-0.3, -0.25) is 4.98 Å². The highest BCUT2D eigenvalue weighted by Gasteiger charge is 2.15. The minimum atomic E-state index is -0.541. The summed E-state index contributed by atoms with van der Waals surface area (Å²) >= 11 is 0. The first-order valence-electron chi connectivity index (χ1n) is 10.1. The van der Waals surface area contributed by atoms with Gasteiger partial charge < -0.3 is 4.40 Å². The number of allylic oxidation sites excluding steroid dienone is 1. The largest absolute Gasteiger partial charge is 0.303 e. The molecule has 0 N–H and O–H groups in total. The van der Waals surface area contributed by atoms with E-state index < -0.39 is 5.83 Å². The number of imidazole rings is 1. The van der Waals surface area contributed by atoms with Gasteiger partial charge in [0.1, 0.15) is 23.0 Å². The maximum absolute atomic E-state index is 14.1. The Morgan fingerprint density at radius 3 is 2.77 bits per heavy atom. The van der Waals surface area contributed by atoms with Crippen molar-refractivity contribution < 1.29 is 4.39 Å². The summed E-state index contributed by atoms with van der Waals surface area (Å²) in [6.45, 7) is 9.41. The van der Waals surface area contributed by atoms with Crippen molar-refractivity contribution in [2.45, 2.75) is 40.0 Å². The zero-order valence-corrected chi connectivity index (χ0v) is 17.5. The van der Waals surface area contributed by atoms with E-state index in [0.29, 0.717) is 24.2 Å². The molecule has 4 heterocycles. The smallest absolute Gasteiger partial charge is 0.146 e. The normalized spacial score (nSPS) is 11.7. The number of pyridine rings is 2. The summed E-state index contributed by atoms with van der Waals surface area (Å²) < 4.78 is 16.1. The van der Waals surface area contributed by atoms with Crippen molar-refractivity contribution in [3.8, 4) is 0 Å². The molecule has 4 aromatic heterocycles. The topological polar surface area (TPSA) is 56.0 Å². The Balaban J connectivity index is 1.67. The molecule has 0 bridgehead atoms. The molecule has 0 saturated heterocycles. The Morgan fingerprint density at radius 1 is 1.17 bits per heavy atom. The van der Waals surface area contributed by atoms with Crippen molar-refractivity contribution in [1.29, 1.82) is 0 Å². The van der Waals surface area contributed by atoms with E-state index in [1.165, 1.54) is 0 Å². The molecule has 6 heteroatoms. The van der Waals surface area contributed by atoms with Gasteiger partial charge in [-0.1, -0.05) is 25.7 Å². The van der Waals surface area contributed by atoms with Crippen LogP contribution in [0.4, 0.5) is 4.39 Å². The average Bonchev–Trinajstić information content (AvgIpc) is 3.07. The molecule has 0 atom stereocenters. The molecule has 0 unspecified atom stereocenters. The monoisotopic (exact) mass is 401 g/mol. The maximum Gasteiger partial charge on any atom is 0.146 e. The van der Waals surface area contributed by atoms with Crippen molar-refractivity contribution in [1.82, 2.24) is 24.3 Å². The molecule has 5 nitrogen and oxygen atoms in total. The van der Waals surface area contributed by atoms with Crippen molar-refractivity contribution in [3.63, 3.8) is 0 Å². The van der Waals surface area contributed by atoms with Gasteiger partial charge in [-0.25, -0.2) is 19.3 Å². The van der Waals surface area contributed by atoms with Crippen LogP contribution in [0.25, 0.3) is 28.5 Å². The third-order valence-corrected chi connectivity index (χ3v) is 5.25. The fourth-order valence-electron chi connectivity index (χ4n) is 3.68. The zero-order chi connectivity index (χ0) is 21.3. The Labute approximate surface area is 175 Å². The van der Waals surface area contributed by atoms with E-state index in [-0.39, 0.29) is 5.69 Å². The number of aromatic nitrogens is 5. The van der Waals surface area contributed by atoms with Crippen molar-refractivity contribution in [3.05, 3.63) is 77.4 Å². The van der Waals surface area contributed by atoms with E-state index in [9.17, 15) is 4.39 Å². The third kappa shape index (κ3) is 3.61. The summed E-state index contributed by atoms with van der Waals surface area (Å²) in [5.74, 6) is 0.0540. The lowest BCUT2D eigenvalue weighted by Gasteiger charge is -2.09. The van der Waals surface area contributed by atoms with E-state index in [4.69, 9.17) is 4.98 Å². The summed E-state index contributed by atoms with van der Waals surface area (Å²) in [6.07, 6.45) is 9.71. The molecular weight excluding hydrogens is 377 g/mol. The van der Waals surface area contributed by atoms with Crippen molar-refractivity contribution in [2.24, 2.45) is 0 Å². The second-order valence-electron chi connectivity index (χ2n) is 7.29. The molecule has 152 valence electrons. The van der Waals surface area contributed by atoms with Gasteiger partial charge in [0.25, 0.3) is 0 Å². The number of nitrogens with zero attached hydrogens (tertiary/aromatic N) is 5. The zero-order valence-electron chi connectivity index (χ0n) is 17.5. The lowest BCUT2D eigenvalue weighted by molar-refractivity contribution is 0.742. The molecule has 0 aliphatic rings. The highest BCUT2D eigenvalue weighted by molar-refractivity contribution is 5.91. The van der Waals surface area contributed by atoms with Crippen LogP contribution in [0.3, 0.4) is 0 Å². The van der Waals surface area contributed by atoms with Crippen LogP contribution < -0.4 is 0 Å². The van der Waals surface area contributed by atoms with Gasteiger partial charge in [-0.05, 0) is 44.9 Å². The highest BCUT2D eigenvalue weighted by atomic mass is 19.1. The van der Waals surface area contributed by atoms with Crippen LogP contribution in [0.15, 0.2) is 43.2 Å². The molecular formula is C24H24FN5. The number of halogens is 1. The van der Waals surface area contributed by atoms with Gasteiger partial charge in [0.2, 0.25) is 0 Å². The van der Waals surface area contributed by atoms with E-state index >= 15 is 0 Å². The lowest BCUT2D eigenvalue weighted by atomic mass is 10.1. The first-order chi connectivity index (χ1) is 14.5. The summed E-state index contributed by atoms with van der Waals surface area (Å²) in [4.78, 5) is 18.3. The summed E-state index contributed by atoms with van der Waals surface area (Å²) in [5.41, 5.74) is 5.57. The Bertz CT molecular complexity index is 1290. The maximum atomic E-state index is 14.1. The highest BCUT2D eigenvalue weighted by Crippen LogP contribution is 2.23. The quantitative estimate of drug-likeness (QED) is 0.432. The second-order valence-corrected chi connectivity index (χ2v) is 7.29. The Kier molecular flexibility index (Phi) is 5.40. The lowest BCUT2D eigenvalue weighted by Crippen LogP contribution is -2.06. The van der Waals surface area contributed by atoms with Gasteiger partial charge in [0.05, 0.1) is 11.2 Å². The van der Waals surface area contributed by atoms with Gasteiger partial charge in [-0.15, -0.1) is 0 Å². The molecule has 0 aliphatic heterocycles. The molecule has 4 aromatic rings. The van der Waals surface area contributed by atoms with Crippen LogP contribution in [-0.2, 0) is 12.8 Å². The molecule has 0 radical (unpaired) electrons. The Hall–Kier alpha value is -3.41. The van der Waals surface area contributed by atoms with Crippen LogP contribution >= 0.6 is 0 Å². The van der Waals surface area contributed by atoms with Crippen LogP contribution in [-0.4, -0.2) is 24.3 Å². The van der Waals surface area contributed by atoms with Gasteiger partial charge in [0, 0.05) is 41.2 Å². The SMILES string of the molecule is C=C(F)c1nc(CCc2nc3c4cccnc4ccn3c2C)nc(C)c1/C=C\CC. The van der Waals surface area contributed by atoms with Crippen LogP contribution in [0.2, 0.25) is 0 Å². The number of aryl methyl sites for hydroxylation is 4. The van der Waals surface area contributed by atoms with Gasteiger partial charge in [-0.2, -0.15) is 0 Å². The number of hydrogen-bond acceptors (Lipinski definition) is 4. The van der Waals surface area contributed by atoms with E-state index in [1.54, 1.807) is 6.20 Å². The predicted octanol–water partition coefficient (Wildman–Crippen LogP) is 5.44. The van der Waals surface area contributed by atoms with Gasteiger partial charge in [0.15, 0.2) is 0 Å². The van der Waals surface area contributed by atoms with E-state index in [0.717, 1.165) is 40.1 Å². The van der Waals surface area contributed by atoms with Crippen LogP contribution in [0, 0.1) is 13.8 Å². The third-order valence-electron chi connectivity index (χ3n) is 5.25. The van der Waals surface area contributed by atoms with E-state index in [2.05, 4.69) is 32.9 Å². The number of fused-ring (bicyclic) bond motifs is 3. The minimum absolute atomic E-state index is 0.269. The first-order valence-corrected chi connectivity index (χ1v) is 10.1.